The average Bonchev–Trinajstić information content (AvgIpc) is 2.64. The van der Waals surface area contributed by atoms with E-state index < -0.39 is 0 Å². The summed E-state index contributed by atoms with van der Waals surface area (Å²) in [6.45, 7) is 2.50. The van der Waals surface area contributed by atoms with Gasteiger partial charge in [-0.15, -0.1) is 0 Å². The van der Waals surface area contributed by atoms with E-state index in [2.05, 4.69) is 20.0 Å². The fourth-order valence-corrected chi connectivity index (χ4v) is 0.938. The summed E-state index contributed by atoms with van der Waals surface area (Å²) >= 11 is 0. The largest absolute Gasteiger partial charge is 0.343 e. The van der Waals surface area contributed by atoms with E-state index in [1.165, 1.54) is 45.1 Å². The van der Waals surface area contributed by atoms with Crippen LogP contribution in [0.1, 0.15) is 19.3 Å². The van der Waals surface area contributed by atoms with Crippen LogP contribution in [-0.2, 0) is 0 Å². The van der Waals surface area contributed by atoms with Crippen molar-refractivity contribution < 1.29 is 4.52 Å². The normalized spacial score (nSPS) is 16.7. The lowest BCUT2D eigenvalue weighted by Gasteiger charge is -2.08. The highest BCUT2D eigenvalue weighted by Crippen LogP contribution is 1.96. The van der Waals surface area contributed by atoms with Crippen LogP contribution in [0, 0.1) is 0 Å². The molecule has 1 aliphatic rings. The highest BCUT2D eigenvalue weighted by molar-refractivity contribution is 4.55. The van der Waals surface area contributed by atoms with Crippen LogP contribution >= 0.6 is 0 Å². The molecule has 0 aliphatic carbocycles. The molecular formula is C7H13N3O. The van der Waals surface area contributed by atoms with Crippen LogP contribution < -0.4 is 5.32 Å². The Balaban J connectivity index is 0.000000112. The SMILES string of the molecule is C1CCNCC1.c1ncon1. The topological polar surface area (TPSA) is 51.0 Å². The molecule has 1 N–H and O–H groups in total. The third-order valence-electron chi connectivity index (χ3n) is 1.49. The van der Waals surface area contributed by atoms with Crippen LogP contribution in [0.25, 0.3) is 0 Å². The molecule has 0 saturated carbocycles. The van der Waals surface area contributed by atoms with E-state index in [4.69, 9.17) is 0 Å². The lowest BCUT2D eigenvalue weighted by Crippen LogP contribution is -2.21. The summed E-state index contributed by atoms with van der Waals surface area (Å²) in [5, 5.41) is 6.52. The molecule has 2 heterocycles. The van der Waals surface area contributed by atoms with Gasteiger partial charge in [0.05, 0.1) is 0 Å². The zero-order valence-corrected chi connectivity index (χ0v) is 6.49. The molecule has 62 valence electrons. The van der Waals surface area contributed by atoms with Crippen molar-refractivity contribution in [3.8, 4) is 0 Å². The van der Waals surface area contributed by atoms with E-state index in [9.17, 15) is 0 Å². The summed E-state index contributed by atoms with van der Waals surface area (Å²) in [6, 6.07) is 0. The molecule has 0 radical (unpaired) electrons. The molecule has 11 heavy (non-hydrogen) atoms. The fourth-order valence-electron chi connectivity index (χ4n) is 0.938. The maximum Gasteiger partial charge on any atom is 0.213 e. The minimum absolute atomic E-state index is 1.25. The van der Waals surface area contributed by atoms with Gasteiger partial charge in [0.1, 0.15) is 0 Å². The van der Waals surface area contributed by atoms with Gasteiger partial charge >= 0.3 is 0 Å². The standard InChI is InChI=1S/C5H11N.C2H2N2O/c1-2-4-6-5-3-1;1-3-2-5-4-1/h6H,1-5H2;1-2H. The Kier molecular flexibility index (Phi) is 4.36. The zero-order chi connectivity index (χ0) is 7.78. The second-order valence-electron chi connectivity index (χ2n) is 2.39. The Morgan fingerprint density at radius 1 is 1.18 bits per heavy atom. The van der Waals surface area contributed by atoms with Gasteiger partial charge in [0.15, 0.2) is 6.33 Å². The molecule has 0 atom stereocenters. The zero-order valence-electron chi connectivity index (χ0n) is 6.49. The maximum absolute atomic E-state index is 4.22. The highest BCUT2D eigenvalue weighted by atomic mass is 16.5. The number of nitrogens with one attached hydrogen (secondary N) is 1. The van der Waals surface area contributed by atoms with Crippen LogP contribution in [-0.4, -0.2) is 23.2 Å². The molecule has 1 aliphatic heterocycles. The van der Waals surface area contributed by atoms with Gasteiger partial charge in [-0.1, -0.05) is 11.6 Å². The maximum atomic E-state index is 4.22. The molecule has 1 fully saturated rings. The molecule has 0 aromatic carbocycles. The lowest BCUT2D eigenvalue weighted by atomic mass is 10.2. The van der Waals surface area contributed by atoms with Crippen molar-refractivity contribution in [1.82, 2.24) is 15.5 Å². The first-order valence-corrected chi connectivity index (χ1v) is 3.90. The van der Waals surface area contributed by atoms with Gasteiger partial charge in [0.2, 0.25) is 6.39 Å². The van der Waals surface area contributed by atoms with Gasteiger partial charge in [-0.25, -0.2) is 4.98 Å². The van der Waals surface area contributed by atoms with Crippen molar-refractivity contribution in [1.29, 1.82) is 0 Å². The lowest BCUT2D eigenvalue weighted by molar-refractivity contribution is 0.416. The van der Waals surface area contributed by atoms with Crippen LogP contribution in [0.15, 0.2) is 17.2 Å². The van der Waals surface area contributed by atoms with E-state index in [1.807, 2.05) is 0 Å². The Bertz CT molecular complexity index is 120. The molecular weight excluding hydrogens is 142 g/mol. The Morgan fingerprint density at radius 3 is 2.18 bits per heavy atom. The van der Waals surface area contributed by atoms with Crippen LogP contribution in [0.3, 0.4) is 0 Å². The Labute approximate surface area is 66.0 Å². The Hall–Kier alpha value is -0.900. The molecule has 0 unspecified atom stereocenters. The van der Waals surface area contributed by atoms with Crippen LogP contribution in [0.5, 0.6) is 0 Å². The number of rotatable bonds is 0. The molecule has 0 bridgehead atoms. The molecule has 4 nitrogen and oxygen atoms in total. The molecule has 1 aromatic heterocycles. The number of hydrogen-bond donors (Lipinski definition) is 1. The monoisotopic (exact) mass is 155 g/mol. The second kappa shape index (κ2) is 5.85. The average molecular weight is 155 g/mol. The predicted molar refractivity (Wildman–Crippen MR) is 41.0 cm³/mol. The van der Waals surface area contributed by atoms with Crippen LogP contribution in [0.4, 0.5) is 0 Å². The summed E-state index contributed by atoms with van der Waals surface area (Å²) in [5.74, 6) is 0. The summed E-state index contributed by atoms with van der Waals surface area (Å²) in [5.41, 5.74) is 0. The van der Waals surface area contributed by atoms with Crippen molar-refractivity contribution >= 4 is 0 Å². The third kappa shape index (κ3) is 4.50. The van der Waals surface area contributed by atoms with E-state index in [1.54, 1.807) is 0 Å². The van der Waals surface area contributed by atoms with Crippen molar-refractivity contribution in [2.24, 2.45) is 0 Å². The van der Waals surface area contributed by atoms with Gasteiger partial charge < -0.3 is 9.84 Å². The van der Waals surface area contributed by atoms with Gasteiger partial charge in [0.25, 0.3) is 0 Å². The van der Waals surface area contributed by atoms with Crippen molar-refractivity contribution in [3.05, 3.63) is 12.7 Å². The highest BCUT2D eigenvalue weighted by Gasteiger charge is 1.93. The molecule has 0 amide bonds. The third-order valence-corrected chi connectivity index (χ3v) is 1.49. The number of hydrogen-bond acceptors (Lipinski definition) is 4. The second-order valence-corrected chi connectivity index (χ2v) is 2.39. The molecule has 1 saturated heterocycles. The first-order chi connectivity index (χ1) is 5.50. The van der Waals surface area contributed by atoms with Gasteiger partial charge in [-0.3, -0.25) is 0 Å². The van der Waals surface area contributed by atoms with Gasteiger partial charge in [0, 0.05) is 0 Å². The minimum atomic E-state index is 1.25. The molecule has 4 heteroatoms. The first-order valence-electron chi connectivity index (χ1n) is 3.90. The van der Waals surface area contributed by atoms with Gasteiger partial charge in [-0.2, -0.15) is 0 Å². The first kappa shape index (κ1) is 8.20. The predicted octanol–water partition coefficient (Wildman–Crippen LogP) is 0.829. The van der Waals surface area contributed by atoms with E-state index in [-0.39, 0.29) is 0 Å². The van der Waals surface area contributed by atoms with E-state index in [0.29, 0.717) is 0 Å². The number of piperidine rings is 1. The molecule has 2 rings (SSSR count). The van der Waals surface area contributed by atoms with E-state index in [0.717, 1.165) is 0 Å². The van der Waals surface area contributed by atoms with Gasteiger partial charge in [-0.05, 0) is 25.9 Å². The smallest absolute Gasteiger partial charge is 0.213 e. The minimum Gasteiger partial charge on any atom is -0.343 e. The number of nitrogens with zero attached hydrogens (tertiary/aromatic N) is 2. The molecule has 0 spiro atoms. The summed E-state index contributed by atoms with van der Waals surface area (Å²) in [6.07, 6.45) is 6.81. The fraction of sp³-hybridized carbons (Fsp3) is 0.714. The molecule has 1 aromatic rings. The number of aromatic nitrogens is 2. The van der Waals surface area contributed by atoms with Crippen molar-refractivity contribution in [2.45, 2.75) is 19.3 Å². The van der Waals surface area contributed by atoms with Crippen LogP contribution in [0.2, 0.25) is 0 Å². The summed E-state index contributed by atoms with van der Waals surface area (Å²) in [7, 11) is 0. The van der Waals surface area contributed by atoms with E-state index >= 15 is 0 Å². The quantitative estimate of drug-likeness (QED) is 0.603. The Morgan fingerprint density at radius 2 is 2.00 bits per heavy atom. The van der Waals surface area contributed by atoms with Crippen molar-refractivity contribution in [2.75, 3.05) is 13.1 Å². The summed E-state index contributed by atoms with van der Waals surface area (Å²) < 4.78 is 4.22. The summed E-state index contributed by atoms with van der Waals surface area (Å²) in [4.78, 5) is 3.44. The van der Waals surface area contributed by atoms with Crippen molar-refractivity contribution in [3.63, 3.8) is 0 Å².